The van der Waals surface area contributed by atoms with Crippen molar-refractivity contribution in [1.29, 1.82) is 0 Å². The van der Waals surface area contributed by atoms with E-state index in [-0.39, 0.29) is 41.7 Å². The molecule has 2 aromatic rings. The molecule has 0 amide bonds. The monoisotopic (exact) mass is 462 g/mol. The number of benzene rings is 2. The van der Waals surface area contributed by atoms with Crippen LogP contribution in [-0.2, 0) is 23.8 Å². The van der Waals surface area contributed by atoms with E-state index in [0.29, 0.717) is 10.8 Å². The summed E-state index contributed by atoms with van der Waals surface area (Å²) in [6.07, 6.45) is 0. The fraction of sp³-hybridized carbons (Fsp3) is 0.238. The highest BCUT2D eigenvalue weighted by Gasteiger charge is 2.33. The minimum Gasteiger partial charge on any atom is -0.466 e. The van der Waals surface area contributed by atoms with Crippen LogP contribution in [0.4, 0.5) is 11.4 Å². The van der Waals surface area contributed by atoms with E-state index in [1.54, 1.807) is 25.1 Å². The number of ether oxygens (including phenoxy) is 4. The van der Waals surface area contributed by atoms with Crippen molar-refractivity contribution < 1.29 is 33.5 Å². The first kappa shape index (κ1) is 23.0. The van der Waals surface area contributed by atoms with Gasteiger partial charge in [-0.3, -0.25) is 10.1 Å². The van der Waals surface area contributed by atoms with Crippen LogP contribution in [0.1, 0.15) is 5.56 Å². The Labute approximate surface area is 188 Å². The Morgan fingerprint density at radius 1 is 1.16 bits per heavy atom. The number of esters is 2. The summed E-state index contributed by atoms with van der Waals surface area (Å²) in [4.78, 5) is 36.9. The van der Waals surface area contributed by atoms with Crippen molar-refractivity contribution in [1.82, 2.24) is 0 Å². The van der Waals surface area contributed by atoms with Crippen LogP contribution >= 0.6 is 11.6 Å². The summed E-state index contributed by atoms with van der Waals surface area (Å²) in [5.41, 5.74) is 0.347. The van der Waals surface area contributed by atoms with Gasteiger partial charge in [-0.2, -0.15) is 0 Å². The molecule has 0 bridgehead atoms. The quantitative estimate of drug-likeness (QED) is 0.359. The number of hydrogen-bond donors (Lipinski definition) is 0. The average Bonchev–Trinajstić information content (AvgIpc) is 2.79. The number of nitrogens with zero attached hydrogens (tertiary/aromatic N) is 2. The number of non-ortho nitro benzene ring substituents is 1. The van der Waals surface area contributed by atoms with Gasteiger partial charge in [0.2, 0.25) is 0 Å². The lowest BCUT2D eigenvalue weighted by atomic mass is 10.1. The molecule has 1 aliphatic heterocycles. The number of hydrogen-bond acceptors (Lipinski definition) is 9. The van der Waals surface area contributed by atoms with Crippen molar-refractivity contribution in [2.24, 2.45) is 0 Å². The van der Waals surface area contributed by atoms with Crippen molar-refractivity contribution in [2.45, 2.75) is 6.92 Å². The van der Waals surface area contributed by atoms with Crippen molar-refractivity contribution in [2.75, 3.05) is 32.5 Å². The summed E-state index contributed by atoms with van der Waals surface area (Å²) in [5, 5.41) is 11.9. The minimum atomic E-state index is -0.829. The number of nitro benzene ring substituents is 1. The molecule has 1 heterocycles. The highest BCUT2D eigenvalue weighted by Crippen LogP contribution is 2.38. The highest BCUT2D eigenvalue weighted by atomic mass is 35.5. The number of carbonyl (C=O) groups is 2. The number of carbonyl (C=O) groups excluding carboxylic acids is 2. The number of nitro groups is 1. The predicted octanol–water partition coefficient (Wildman–Crippen LogP) is 3.74. The third kappa shape index (κ3) is 4.66. The predicted molar refractivity (Wildman–Crippen MR) is 114 cm³/mol. The molecule has 0 radical (unpaired) electrons. The zero-order valence-corrected chi connectivity index (χ0v) is 18.2. The molecule has 1 aliphatic rings. The van der Waals surface area contributed by atoms with Crippen LogP contribution in [-0.4, -0.2) is 44.4 Å². The van der Waals surface area contributed by atoms with E-state index in [1.807, 2.05) is 0 Å². The van der Waals surface area contributed by atoms with Crippen LogP contribution in [0.25, 0.3) is 0 Å². The summed E-state index contributed by atoms with van der Waals surface area (Å²) < 4.78 is 20.8. The maximum atomic E-state index is 12.5. The van der Waals surface area contributed by atoms with Crippen LogP contribution in [0.15, 0.2) is 47.7 Å². The van der Waals surface area contributed by atoms with Gasteiger partial charge in [0, 0.05) is 12.1 Å². The second-order valence-electron chi connectivity index (χ2n) is 6.65. The number of aryl methyl sites for hydroxylation is 1. The Hall–Kier alpha value is -3.63. The van der Waals surface area contributed by atoms with Crippen LogP contribution in [0.3, 0.4) is 0 Å². The van der Waals surface area contributed by atoms with Crippen molar-refractivity contribution in [3.05, 3.63) is 68.4 Å². The minimum absolute atomic E-state index is 0.0819. The molecule has 10 nitrogen and oxygen atoms in total. The van der Waals surface area contributed by atoms with Crippen molar-refractivity contribution in [3.8, 4) is 11.5 Å². The Morgan fingerprint density at radius 3 is 2.50 bits per heavy atom. The van der Waals surface area contributed by atoms with Gasteiger partial charge in [0.25, 0.3) is 5.69 Å². The third-order valence-electron chi connectivity index (χ3n) is 4.62. The Morgan fingerprint density at radius 2 is 1.88 bits per heavy atom. The maximum absolute atomic E-state index is 12.5. The third-order valence-corrected chi connectivity index (χ3v) is 4.91. The molecule has 11 heteroatoms. The highest BCUT2D eigenvalue weighted by molar-refractivity contribution is 6.32. The van der Waals surface area contributed by atoms with E-state index in [4.69, 9.17) is 30.5 Å². The van der Waals surface area contributed by atoms with Gasteiger partial charge >= 0.3 is 11.9 Å². The Bertz CT molecular complexity index is 1090. The van der Waals surface area contributed by atoms with E-state index in [1.165, 1.54) is 23.1 Å². The molecule has 2 aromatic carbocycles. The molecule has 0 fully saturated rings. The number of para-hydroxylation sites is 1. The maximum Gasteiger partial charge on any atom is 0.355 e. The van der Waals surface area contributed by atoms with E-state index < -0.39 is 16.9 Å². The first-order valence-electron chi connectivity index (χ1n) is 9.24. The van der Waals surface area contributed by atoms with E-state index >= 15 is 0 Å². The van der Waals surface area contributed by atoms with Gasteiger partial charge < -0.3 is 23.8 Å². The molecule has 0 N–H and O–H groups in total. The molecule has 0 spiro atoms. The smallest absolute Gasteiger partial charge is 0.355 e. The summed E-state index contributed by atoms with van der Waals surface area (Å²) in [6, 6.07) is 9.05. The lowest BCUT2D eigenvalue weighted by Crippen LogP contribution is -2.38. The zero-order valence-electron chi connectivity index (χ0n) is 17.4. The molecule has 0 aliphatic carbocycles. The fourth-order valence-electron chi connectivity index (χ4n) is 3.10. The lowest BCUT2D eigenvalue weighted by molar-refractivity contribution is -0.384. The Kier molecular flexibility index (Phi) is 6.96. The molecular formula is C21H19ClN2O8. The molecule has 0 aromatic heterocycles. The molecule has 0 saturated carbocycles. The molecule has 0 saturated heterocycles. The van der Waals surface area contributed by atoms with Gasteiger partial charge in [0.1, 0.15) is 23.9 Å². The SMILES string of the molecule is COC(=O)C1=C(C(=O)OC)N(c2cc(Oc3c(C)cccc3Cl)cc([N+](=O)[O-])c2)COC1. The number of rotatable bonds is 6. The van der Waals surface area contributed by atoms with Crippen LogP contribution in [0.5, 0.6) is 11.5 Å². The van der Waals surface area contributed by atoms with Crippen LogP contribution in [0.2, 0.25) is 5.02 Å². The van der Waals surface area contributed by atoms with E-state index in [0.717, 1.165) is 19.8 Å². The molecule has 0 atom stereocenters. The standard InChI is InChI=1S/C21H19ClN2O8/c1-12-5-4-6-17(22)19(12)32-15-8-13(7-14(9-15)24(27)28)23-11-31-10-16(20(25)29-2)18(23)21(26)30-3/h4-9H,10-11H2,1-3H3. The molecule has 32 heavy (non-hydrogen) atoms. The average molecular weight is 463 g/mol. The topological polar surface area (TPSA) is 117 Å². The number of methoxy groups -OCH3 is 2. The molecular weight excluding hydrogens is 444 g/mol. The summed E-state index contributed by atoms with van der Waals surface area (Å²) in [5.74, 6) is -1.19. The summed E-state index contributed by atoms with van der Waals surface area (Å²) in [7, 11) is 2.31. The van der Waals surface area contributed by atoms with Crippen LogP contribution in [0, 0.1) is 17.0 Å². The molecule has 168 valence electrons. The normalized spacial score (nSPS) is 13.6. The van der Waals surface area contributed by atoms with Crippen molar-refractivity contribution in [3.63, 3.8) is 0 Å². The van der Waals surface area contributed by atoms with E-state index in [2.05, 4.69) is 0 Å². The summed E-state index contributed by atoms with van der Waals surface area (Å²) >= 11 is 6.21. The largest absolute Gasteiger partial charge is 0.466 e. The van der Waals surface area contributed by atoms with Gasteiger partial charge in [-0.05, 0) is 18.6 Å². The zero-order chi connectivity index (χ0) is 23.4. The second kappa shape index (κ2) is 9.67. The van der Waals surface area contributed by atoms with Gasteiger partial charge in [0.05, 0.1) is 48.1 Å². The van der Waals surface area contributed by atoms with Gasteiger partial charge in [-0.15, -0.1) is 0 Å². The molecule has 0 unspecified atom stereocenters. The number of anilines is 1. The van der Waals surface area contributed by atoms with Gasteiger partial charge in [-0.25, -0.2) is 9.59 Å². The first-order chi connectivity index (χ1) is 15.3. The van der Waals surface area contributed by atoms with Gasteiger partial charge in [-0.1, -0.05) is 23.7 Å². The first-order valence-corrected chi connectivity index (χ1v) is 9.62. The Balaban J connectivity index is 2.14. The summed E-state index contributed by atoms with van der Waals surface area (Å²) in [6.45, 7) is 1.42. The molecule has 3 rings (SSSR count). The van der Waals surface area contributed by atoms with Crippen molar-refractivity contribution >= 4 is 34.9 Å². The fourth-order valence-corrected chi connectivity index (χ4v) is 3.36. The second-order valence-corrected chi connectivity index (χ2v) is 7.05. The van der Waals surface area contributed by atoms with Crippen LogP contribution < -0.4 is 9.64 Å². The van der Waals surface area contributed by atoms with Gasteiger partial charge in [0.15, 0.2) is 0 Å². The lowest BCUT2D eigenvalue weighted by Gasteiger charge is -2.31. The van der Waals surface area contributed by atoms with E-state index in [9.17, 15) is 19.7 Å². The number of halogens is 1.